The number of hydrogen-bond acceptors (Lipinski definition) is 3. The van der Waals surface area contributed by atoms with Gasteiger partial charge in [-0.25, -0.2) is 4.68 Å². The van der Waals surface area contributed by atoms with E-state index in [-0.39, 0.29) is 6.61 Å². The maximum Gasteiger partial charge on any atom is 0.0828 e. The van der Waals surface area contributed by atoms with Crippen LogP contribution < -0.4 is 0 Å². The molecule has 0 saturated heterocycles. The van der Waals surface area contributed by atoms with Crippen molar-refractivity contribution in [1.29, 1.82) is 0 Å². The Balaban J connectivity index is 2.04. The number of aliphatic hydroxyl groups excluding tert-OH is 1. The van der Waals surface area contributed by atoms with Crippen LogP contribution >= 0.6 is 31.9 Å². The zero-order valence-corrected chi connectivity index (χ0v) is 12.9. The third-order valence-electron chi connectivity index (χ3n) is 2.51. The van der Waals surface area contributed by atoms with Crippen LogP contribution in [0.2, 0.25) is 0 Å². The van der Waals surface area contributed by atoms with Crippen LogP contribution in [0.5, 0.6) is 0 Å². The van der Waals surface area contributed by atoms with Crippen LogP contribution in [0.25, 0.3) is 0 Å². The first-order valence-corrected chi connectivity index (χ1v) is 7.21. The van der Waals surface area contributed by atoms with E-state index in [0.29, 0.717) is 6.54 Å². The molecule has 2 aromatic rings. The highest BCUT2D eigenvalue weighted by Gasteiger charge is 2.03. The van der Waals surface area contributed by atoms with E-state index < -0.39 is 0 Å². The Hall–Kier alpha value is -0.720. The first-order valence-electron chi connectivity index (χ1n) is 5.63. The van der Waals surface area contributed by atoms with Gasteiger partial charge in [0.1, 0.15) is 0 Å². The first-order chi connectivity index (χ1) is 8.69. The number of nitrogens with zero attached hydrogens (tertiary/aromatic N) is 3. The molecule has 0 unspecified atom stereocenters. The minimum atomic E-state index is 0.187. The standard InChI is InChI=1S/C12H13Br2N3O/c13-11-4-3-9(6-12(11)14)7-17-8-10(15-16-17)2-1-5-18/h3-4,6,8,18H,1-2,5,7H2. The molecule has 1 N–H and O–H groups in total. The second kappa shape index (κ2) is 6.45. The molecule has 0 radical (unpaired) electrons. The number of aromatic nitrogens is 3. The lowest BCUT2D eigenvalue weighted by Gasteiger charge is -2.03. The zero-order chi connectivity index (χ0) is 13.0. The molecular formula is C12H13Br2N3O. The fourth-order valence-corrected chi connectivity index (χ4v) is 2.29. The Bertz CT molecular complexity index is 528. The summed E-state index contributed by atoms with van der Waals surface area (Å²) in [7, 11) is 0. The molecule has 1 aromatic heterocycles. The van der Waals surface area contributed by atoms with Crippen LogP contribution in [-0.4, -0.2) is 26.7 Å². The SMILES string of the molecule is OCCCc1cn(Cc2ccc(Br)c(Br)c2)nn1. The maximum atomic E-state index is 8.76. The summed E-state index contributed by atoms with van der Waals surface area (Å²) >= 11 is 6.92. The van der Waals surface area contributed by atoms with E-state index in [2.05, 4.69) is 48.2 Å². The summed E-state index contributed by atoms with van der Waals surface area (Å²) in [6.45, 7) is 0.879. The largest absolute Gasteiger partial charge is 0.396 e. The second-order valence-electron chi connectivity index (χ2n) is 3.98. The molecular weight excluding hydrogens is 362 g/mol. The van der Waals surface area contributed by atoms with E-state index in [9.17, 15) is 0 Å². The Labute approximate surface area is 122 Å². The molecule has 18 heavy (non-hydrogen) atoms. The summed E-state index contributed by atoms with van der Waals surface area (Å²) in [5, 5.41) is 16.9. The van der Waals surface area contributed by atoms with Gasteiger partial charge in [-0.3, -0.25) is 0 Å². The Morgan fingerprint density at radius 2 is 2.06 bits per heavy atom. The van der Waals surface area contributed by atoms with E-state index in [0.717, 1.165) is 33.0 Å². The summed E-state index contributed by atoms with van der Waals surface area (Å²) in [6, 6.07) is 6.10. The number of rotatable bonds is 5. The van der Waals surface area contributed by atoms with Gasteiger partial charge in [-0.15, -0.1) is 5.10 Å². The summed E-state index contributed by atoms with van der Waals surface area (Å²) < 4.78 is 3.87. The second-order valence-corrected chi connectivity index (χ2v) is 5.69. The third kappa shape index (κ3) is 3.63. The monoisotopic (exact) mass is 373 g/mol. The molecule has 0 aliphatic rings. The van der Waals surface area contributed by atoms with Crippen molar-refractivity contribution in [2.75, 3.05) is 6.61 Å². The van der Waals surface area contributed by atoms with E-state index in [1.807, 2.05) is 23.0 Å². The molecule has 0 atom stereocenters. The third-order valence-corrected chi connectivity index (χ3v) is 4.39. The molecule has 0 fully saturated rings. The quantitative estimate of drug-likeness (QED) is 0.875. The van der Waals surface area contributed by atoms with Crippen molar-refractivity contribution in [2.24, 2.45) is 0 Å². The molecule has 0 spiro atoms. The molecule has 1 aromatic carbocycles. The van der Waals surface area contributed by atoms with E-state index in [1.54, 1.807) is 0 Å². The van der Waals surface area contributed by atoms with Crippen LogP contribution in [0.1, 0.15) is 17.7 Å². The van der Waals surface area contributed by atoms with Crippen LogP contribution in [0, 0.1) is 0 Å². The van der Waals surface area contributed by atoms with Crippen molar-refractivity contribution in [3.63, 3.8) is 0 Å². The fraction of sp³-hybridized carbons (Fsp3) is 0.333. The summed E-state index contributed by atoms with van der Waals surface area (Å²) in [5.41, 5.74) is 2.07. The van der Waals surface area contributed by atoms with Gasteiger partial charge in [0.25, 0.3) is 0 Å². The molecule has 4 nitrogen and oxygen atoms in total. The normalized spacial score (nSPS) is 10.8. The minimum absolute atomic E-state index is 0.187. The van der Waals surface area contributed by atoms with Gasteiger partial charge in [0.15, 0.2) is 0 Å². The lowest BCUT2D eigenvalue weighted by atomic mass is 10.2. The highest BCUT2D eigenvalue weighted by molar-refractivity contribution is 9.13. The van der Waals surface area contributed by atoms with Crippen molar-refractivity contribution in [1.82, 2.24) is 15.0 Å². The van der Waals surface area contributed by atoms with Gasteiger partial charge in [0.05, 0.1) is 12.2 Å². The van der Waals surface area contributed by atoms with E-state index in [4.69, 9.17) is 5.11 Å². The van der Waals surface area contributed by atoms with Gasteiger partial charge in [-0.1, -0.05) is 11.3 Å². The van der Waals surface area contributed by atoms with Gasteiger partial charge in [0.2, 0.25) is 0 Å². The molecule has 0 aliphatic carbocycles. The van der Waals surface area contributed by atoms with Crippen LogP contribution in [0.15, 0.2) is 33.3 Å². The fourth-order valence-electron chi connectivity index (χ4n) is 1.62. The number of aliphatic hydroxyl groups is 1. The molecule has 0 bridgehead atoms. The predicted octanol–water partition coefficient (Wildman–Crippen LogP) is 2.78. The van der Waals surface area contributed by atoms with Gasteiger partial charge in [-0.2, -0.15) is 0 Å². The number of hydrogen-bond donors (Lipinski definition) is 1. The lowest BCUT2D eigenvalue weighted by molar-refractivity contribution is 0.288. The van der Waals surface area contributed by atoms with Crippen molar-refractivity contribution in [3.05, 3.63) is 44.6 Å². The lowest BCUT2D eigenvalue weighted by Crippen LogP contribution is -2.00. The van der Waals surface area contributed by atoms with Crippen molar-refractivity contribution in [2.45, 2.75) is 19.4 Å². The molecule has 6 heteroatoms. The highest BCUT2D eigenvalue weighted by Crippen LogP contribution is 2.24. The van der Waals surface area contributed by atoms with Crippen LogP contribution in [0.4, 0.5) is 0 Å². The topological polar surface area (TPSA) is 50.9 Å². The van der Waals surface area contributed by atoms with E-state index >= 15 is 0 Å². The van der Waals surface area contributed by atoms with Crippen molar-refractivity contribution >= 4 is 31.9 Å². The molecule has 1 heterocycles. The summed E-state index contributed by atoms with van der Waals surface area (Å²) in [6.07, 6.45) is 3.41. The molecule has 0 saturated carbocycles. The highest BCUT2D eigenvalue weighted by atomic mass is 79.9. The van der Waals surface area contributed by atoms with E-state index in [1.165, 1.54) is 0 Å². The maximum absolute atomic E-state index is 8.76. The predicted molar refractivity (Wildman–Crippen MR) is 76.4 cm³/mol. The van der Waals surface area contributed by atoms with Crippen LogP contribution in [-0.2, 0) is 13.0 Å². The average Bonchev–Trinajstić information content (AvgIpc) is 2.79. The van der Waals surface area contributed by atoms with Gasteiger partial charge >= 0.3 is 0 Å². The molecule has 0 amide bonds. The molecule has 2 rings (SSSR count). The average molecular weight is 375 g/mol. The zero-order valence-electron chi connectivity index (χ0n) is 9.68. The summed E-state index contributed by atoms with van der Waals surface area (Å²) in [4.78, 5) is 0. The van der Waals surface area contributed by atoms with Crippen LogP contribution in [0.3, 0.4) is 0 Å². The van der Waals surface area contributed by atoms with Gasteiger partial charge in [0, 0.05) is 21.7 Å². The minimum Gasteiger partial charge on any atom is -0.396 e. The van der Waals surface area contributed by atoms with Crippen molar-refractivity contribution in [3.8, 4) is 0 Å². The molecule has 0 aliphatic heterocycles. The number of benzene rings is 1. The Kier molecular flexibility index (Phi) is 4.91. The number of halogens is 2. The first kappa shape index (κ1) is 13.7. The summed E-state index contributed by atoms with van der Waals surface area (Å²) in [5.74, 6) is 0. The Morgan fingerprint density at radius 3 is 2.78 bits per heavy atom. The van der Waals surface area contributed by atoms with Gasteiger partial charge < -0.3 is 5.11 Å². The number of aryl methyl sites for hydroxylation is 1. The van der Waals surface area contributed by atoms with Crippen molar-refractivity contribution < 1.29 is 5.11 Å². The smallest absolute Gasteiger partial charge is 0.0828 e. The van der Waals surface area contributed by atoms with Gasteiger partial charge in [-0.05, 0) is 62.4 Å². The molecule has 96 valence electrons. The Morgan fingerprint density at radius 1 is 1.22 bits per heavy atom.